The Morgan fingerprint density at radius 1 is 1.15 bits per heavy atom. The molecule has 1 amide bonds. The van der Waals surface area contributed by atoms with Crippen molar-refractivity contribution in [1.29, 1.82) is 0 Å². The lowest BCUT2D eigenvalue weighted by atomic mass is 10.0. The van der Waals surface area contributed by atoms with Crippen LogP contribution in [-0.4, -0.2) is 30.0 Å². The molecule has 1 atom stereocenters. The number of carbonyl (C=O) groups is 2. The zero-order valence-electron chi connectivity index (χ0n) is 14.9. The number of carbonyl (C=O) groups excluding carboxylic acids is 2. The summed E-state index contributed by atoms with van der Waals surface area (Å²) in [6, 6.07) is 17.2. The number of hydrogen-bond donors (Lipinski definition) is 1. The summed E-state index contributed by atoms with van der Waals surface area (Å²) in [5.74, 6) is -0.510. The summed E-state index contributed by atoms with van der Waals surface area (Å²) in [6.07, 6.45) is 2.60. The first-order valence-electron chi connectivity index (χ1n) is 8.64. The molecule has 27 heavy (non-hydrogen) atoms. The van der Waals surface area contributed by atoms with Crippen LogP contribution < -0.4 is 5.32 Å². The summed E-state index contributed by atoms with van der Waals surface area (Å²) in [7, 11) is 0. The average Bonchev–Trinajstić information content (AvgIpc) is 3.12. The first kappa shape index (κ1) is 18.4. The van der Waals surface area contributed by atoms with E-state index < -0.39 is 5.97 Å². The fraction of sp³-hybridized carbons (Fsp3) is 0.190. The SMILES string of the molecule is C[C@@H](CNC(=O)COC(=O)/C=C/c1nc2ccccc2o1)c1ccccc1. The highest BCUT2D eigenvalue weighted by Gasteiger charge is 2.09. The number of hydrogen-bond acceptors (Lipinski definition) is 5. The van der Waals surface area contributed by atoms with Crippen molar-refractivity contribution >= 4 is 29.1 Å². The van der Waals surface area contributed by atoms with Gasteiger partial charge in [0.2, 0.25) is 5.89 Å². The van der Waals surface area contributed by atoms with Crippen LogP contribution in [0.1, 0.15) is 24.3 Å². The standard InChI is InChI=1S/C21H20N2O4/c1-15(16-7-3-2-4-8-16)13-22-19(24)14-26-21(25)12-11-20-23-17-9-5-6-10-18(17)27-20/h2-12,15H,13-14H2,1H3,(H,22,24)/b12-11+/t15-/m0/s1. The van der Waals surface area contributed by atoms with Crippen LogP contribution in [0.2, 0.25) is 0 Å². The molecule has 138 valence electrons. The maximum absolute atomic E-state index is 11.8. The Labute approximate surface area is 156 Å². The maximum Gasteiger partial charge on any atom is 0.331 e. The normalized spacial score (nSPS) is 12.2. The molecule has 0 saturated carbocycles. The van der Waals surface area contributed by atoms with Gasteiger partial charge in [0.05, 0.1) is 0 Å². The van der Waals surface area contributed by atoms with Gasteiger partial charge in [0, 0.05) is 18.7 Å². The molecular formula is C21H20N2O4. The topological polar surface area (TPSA) is 81.4 Å². The Morgan fingerprint density at radius 2 is 1.89 bits per heavy atom. The molecule has 0 saturated heterocycles. The van der Waals surface area contributed by atoms with Gasteiger partial charge in [0.25, 0.3) is 5.91 Å². The second-order valence-electron chi connectivity index (χ2n) is 6.08. The molecule has 0 aliphatic heterocycles. The van der Waals surface area contributed by atoms with Crippen molar-refractivity contribution in [2.75, 3.05) is 13.2 Å². The molecule has 0 bridgehead atoms. The molecule has 3 aromatic rings. The summed E-state index contributed by atoms with van der Waals surface area (Å²) in [5.41, 5.74) is 2.48. The number of benzene rings is 2. The smallest absolute Gasteiger partial charge is 0.331 e. The molecule has 0 aliphatic rings. The highest BCUT2D eigenvalue weighted by Crippen LogP contribution is 2.15. The number of nitrogens with one attached hydrogen (secondary N) is 1. The molecule has 1 heterocycles. The van der Waals surface area contributed by atoms with E-state index in [9.17, 15) is 9.59 Å². The molecule has 6 heteroatoms. The molecule has 2 aromatic carbocycles. The van der Waals surface area contributed by atoms with E-state index in [1.165, 1.54) is 12.2 Å². The van der Waals surface area contributed by atoms with Gasteiger partial charge < -0.3 is 14.5 Å². The van der Waals surface area contributed by atoms with Crippen molar-refractivity contribution in [3.8, 4) is 0 Å². The number of aromatic nitrogens is 1. The second kappa shape index (κ2) is 8.80. The summed E-state index contributed by atoms with van der Waals surface area (Å²) in [5, 5.41) is 2.76. The minimum atomic E-state index is -0.636. The van der Waals surface area contributed by atoms with E-state index in [0.717, 1.165) is 5.56 Å². The number of fused-ring (bicyclic) bond motifs is 1. The maximum atomic E-state index is 11.8. The average molecular weight is 364 g/mol. The van der Waals surface area contributed by atoms with Crippen molar-refractivity contribution in [3.05, 3.63) is 72.1 Å². The highest BCUT2D eigenvalue weighted by atomic mass is 16.5. The van der Waals surface area contributed by atoms with Gasteiger partial charge in [-0.1, -0.05) is 49.4 Å². The molecular weight excluding hydrogens is 344 g/mol. The van der Waals surface area contributed by atoms with E-state index in [1.807, 2.05) is 55.5 Å². The molecule has 0 fully saturated rings. The van der Waals surface area contributed by atoms with Gasteiger partial charge in [-0.15, -0.1) is 0 Å². The molecule has 1 N–H and O–H groups in total. The Balaban J connectivity index is 1.42. The highest BCUT2D eigenvalue weighted by molar-refractivity contribution is 5.89. The predicted octanol–water partition coefficient (Wildman–Crippen LogP) is 3.30. The third kappa shape index (κ3) is 5.28. The molecule has 6 nitrogen and oxygen atoms in total. The van der Waals surface area contributed by atoms with E-state index in [-0.39, 0.29) is 18.4 Å². The monoisotopic (exact) mass is 364 g/mol. The van der Waals surface area contributed by atoms with Crippen LogP contribution in [0.3, 0.4) is 0 Å². The van der Waals surface area contributed by atoms with Gasteiger partial charge in [0.15, 0.2) is 12.2 Å². The van der Waals surface area contributed by atoms with Crippen LogP contribution in [0.15, 0.2) is 65.1 Å². The number of oxazole rings is 1. The minimum absolute atomic E-state index is 0.171. The van der Waals surface area contributed by atoms with E-state index in [4.69, 9.17) is 9.15 Å². The van der Waals surface area contributed by atoms with Crippen LogP contribution in [0.25, 0.3) is 17.2 Å². The first-order valence-corrected chi connectivity index (χ1v) is 8.64. The van der Waals surface area contributed by atoms with Crippen molar-refractivity contribution < 1.29 is 18.7 Å². The van der Waals surface area contributed by atoms with E-state index in [1.54, 1.807) is 6.07 Å². The van der Waals surface area contributed by atoms with Gasteiger partial charge in [-0.05, 0) is 23.6 Å². The summed E-state index contributed by atoms with van der Waals surface area (Å²) in [6.45, 7) is 2.15. The van der Waals surface area contributed by atoms with Gasteiger partial charge in [-0.25, -0.2) is 9.78 Å². The number of nitrogens with zero attached hydrogens (tertiary/aromatic N) is 1. The van der Waals surface area contributed by atoms with Gasteiger partial charge in [-0.2, -0.15) is 0 Å². The van der Waals surface area contributed by atoms with E-state index in [0.29, 0.717) is 23.5 Å². The number of rotatable bonds is 7. The van der Waals surface area contributed by atoms with Crippen LogP contribution in [0, 0.1) is 0 Å². The zero-order chi connectivity index (χ0) is 19.1. The molecule has 1 aromatic heterocycles. The van der Waals surface area contributed by atoms with E-state index >= 15 is 0 Å². The summed E-state index contributed by atoms with van der Waals surface area (Å²) in [4.78, 5) is 27.8. The number of amides is 1. The Hall–Kier alpha value is -3.41. The van der Waals surface area contributed by atoms with Crippen molar-refractivity contribution in [1.82, 2.24) is 10.3 Å². The summed E-state index contributed by atoms with van der Waals surface area (Å²) >= 11 is 0. The Morgan fingerprint density at radius 3 is 2.67 bits per heavy atom. The van der Waals surface area contributed by atoms with Crippen LogP contribution in [0.4, 0.5) is 0 Å². The fourth-order valence-electron chi connectivity index (χ4n) is 2.50. The van der Waals surface area contributed by atoms with Crippen molar-refractivity contribution in [2.45, 2.75) is 12.8 Å². The van der Waals surface area contributed by atoms with Crippen molar-refractivity contribution in [3.63, 3.8) is 0 Å². The third-order valence-corrected chi connectivity index (χ3v) is 3.99. The lowest BCUT2D eigenvalue weighted by Crippen LogP contribution is -2.31. The molecule has 0 aliphatic carbocycles. The fourth-order valence-corrected chi connectivity index (χ4v) is 2.50. The number of ether oxygens (including phenoxy) is 1. The largest absolute Gasteiger partial charge is 0.452 e. The van der Waals surface area contributed by atoms with Gasteiger partial charge >= 0.3 is 5.97 Å². The van der Waals surface area contributed by atoms with Crippen molar-refractivity contribution in [2.24, 2.45) is 0 Å². The van der Waals surface area contributed by atoms with Crippen LogP contribution >= 0.6 is 0 Å². The first-order chi connectivity index (χ1) is 13.1. The van der Waals surface area contributed by atoms with Gasteiger partial charge in [0.1, 0.15) is 5.52 Å². The lowest BCUT2D eigenvalue weighted by molar-refractivity contribution is -0.143. The van der Waals surface area contributed by atoms with Crippen LogP contribution in [0.5, 0.6) is 0 Å². The Bertz CT molecular complexity index is 914. The Kier molecular flexibility index (Phi) is 5.99. The molecule has 3 rings (SSSR count). The molecule has 0 unspecified atom stereocenters. The minimum Gasteiger partial charge on any atom is -0.452 e. The lowest BCUT2D eigenvalue weighted by Gasteiger charge is -2.12. The molecule has 0 radical (unpaired) electrons. The second-order valence-corrected chi connectivity index (χ2v) is 6.08. The number of para-hydroxylation sites is 2. The van der Waals surface area contributed by atoms with Crippen LogP contribution in [-0.2, 0) is 14.3 Å². The molecule has 0 spiro atoms. The number of esters is 1. The predicted molar refractivity (Wildman–Crippen MR) is 102 cm³/mol. The summed E-state index contributed by atoms with van der Waals surface area (Å²) < 4.78 is 10.4. The zero-order valence-corrected chi connectivity index (χ0v) is 14.9. The van der Waals surface area contributed by atoms with Gasteiger partial charge in [-0.3, -0.25) is 4.79 Å². The third-order valence-electron chi connectivity index (χ3n) is 3.99. The van der Waals surface area contributed by atoms with E-state index in [2.05, 4.69) is 10.3 Å². The quantitative estimate of drug-likeness (QED) is 0.514.